The minimum atomic E-state index is 0.189. The maximum absolute atomic E-state index is 12.5. The molecule has 1 unspecified atom stereocenters. The van der Waals surface area contributed by atoms with Gasteiger partial charge in [0.1, 0.15) is 0 Å². The highest BCUT2D eigenvalue weighted by molar-refractivity contribution is 5.76. The second-order valence-electron chi connectivity index (χ2n) is 7.58. The Morgan fingerprint density at radius 2 is 1.86 bits per heavy atom. The zero-order valence-electron chi connectivity index (χ0n) is 13.9. The molecular weight excluding hydrogens is 262 g/mol. The summed E-state index contributed by atoms with van der Waals surface area (Å²) in [4.78, 5) is 17.2. The number of nitrogens with two attached hydrogens (primary N) is 1. The molecule has 122 valence electrons. The molecule has 2 rings (SSSR count). The van der Waals surface area contributed by atoms with Crippen molar-refractivity contribution in [3.63, 3.8) is 0 Å². The Kier molecular flexibility index (Phi) is 6.06. The van der Waals surface area contributed by atoms with Crippen LogP contribution in [0.3, 0.4) is 0 Å². The minimum Gasteiger partial charge on any atom is -0.341 e. The summed E-state index contributed by atoms with van der Waals surface area (Å²) in [5.41, 5.74) is 5.84. The van der Waals surface area contributed by atoms with E-state index in [4.69, 9.17) is 5.73 Å². The number of carbonyl (C=O) groups is 1. The summed E-state index contributed by atoms with van der Waals surface area (Å²) < 4.78 is 0. The largest absolute Gasteiger partial charge is 0.341 e. The van der Waals surface area contributed by atoms with Gasteiger partial charge < -0.3 is 10.6 Å². The number of piperidine rings is 1. The van der Waals surface area contributed by atoms with E-state index in [-0.39, 0.29) is 5.41 Å². The number of likely N-dealkylation sites (tertiary alicyclic amines) is 2. The van der Waals surface area contributed by atoms with Gasteiger partial charge in [-0.2, -0.15) is 0 Å². The van der Waals surface area contributed by atoms with Crippen LogP contribution < -0.4 is 5.73 Å². The first-order valence-electron chi connectivity index (χ1n) is 8.74. The fourth-order valence-corrected chi connectivity index (χ4v) is 3.71. The molecule has 0 aromatic rings. The van der Waals surface area contributed by atoms with Crippen molar-refractivity contribution in [2.24, 2.45) is 11.1 Å². The molecule has 4 nitrogen and oxygen atoms in total. The van der Waals surface area contributed by atoms with Crippen LogP contribution in [0.2, 0.25) is 0 Å². The molecular formula is C17H33N3O. The van der Waals surface area contributed by atoms with Crippen molar-refractivity contribution in [3.05, 3.63) is 0 Å². The smallest absolute Gasteiger partial charge is 0.222 e. The standard InChI is InChI=1S/C17H33N3O/c1-17(2,9-10-18)8-7-16(21)20-13-5-6-15(14-20)19-11-3-4-12-19/h15H,3-14,18H2,1-2H3. The molecule has 2 heterocycles. The van der Waals surface area contributed by atoms with E-state index < -0.39 is 0 Å². The van der Waals surface area contributed by atoms with Gasteiger partial charge in [0.25, 0.3) is 0 Å². The number of nitrogens with zero attached hydrogens (tertiary/aromatic N) is 2. The van der Waals surface area contributed by atoms with Gasteiger partial charge >= 0.3 is 0 Å². The van der Waals surface area contributed by atoms with Crippen LogP contribution in [0.4, 0.5) is 0 Å². The molecule has 2 N–H and O–H groups in total. The van der Waals surface area contributed by atoms with Crippen molar-refractivity contribution in [2.45, 2.75) is 64.8 Å². The molecule has 0 aliphatic carbocycles. The van der Waals surface area contributed by atoms with Gasteiger partial charge in [0, 0.05) is 25.6 Å². The van der Waals surface area contributed by atoms with E-state index in [1.807, 2.05) is 0 Å². The van der Waals surface area contributed by atoms with Crippen molar-refractivity contribution in [1.82, 2.24) is 9.80 Å². The van der Waals surface area contributed by atoms with Crippen LogP contribution >= 0.6 is 0 Å². The van der Waals surface area contributed by atoms with Crippen molar-refractivity contribution < 1.29 is 4.79 Å². The number of amides is 1. The molecule has 0 spiro atoms. The fraction of sp³-hybridized carbons (Fsp3) is 0.941. The minimum absolute atomic E-state index is 0.189. The van der Waals surface area contributed by atoms with Gasteiger partial charge in [-0.05, 0) is 63.6 Å². The van der Waals surface area contributed by atoms with Crippen LogP contribution in [0.15, 0.2) is 0 Å². The van der Waals surface area contributed by atoms with Crippen LogP contribution in [-0.2, 0) is 4.79 Å². The van der Waals surface area contributed by atoms with E-state index in [2.05, 4.69) is 23.6 Å². The van der Waals surface area contributed by atoms with Gasteiger partial charge in [0.05, 0.1) is 0 Å². The first-order chi connectivity index (χ1) is 10.0. The fourth-order valence-electron chi connectivity index (χ4n) is 3.71. The third-order valence-electron chi connectivity index (χ3n) is 5.24. The molecule has 0 radical (unpaired) electrons. The van der Waals surface area contributed by atoms with E-state index in [0.29, 0.717) is 24.9 Å². The van der Waals surface area contributed by atoms with Gasteiger partial charge in [-0.25, -0.2) is 0 Å². The first-order valence-corrected chi connectivity index (χ1v) is 8.74. The lowest BCUT2D eigenvalue weighted by atomic mass is 9.84. The van der Waals surface area contributed by atoms with Gasteiger partial charge in [-0.15, -0.1) is 0 Å². The molecule has 0 saturated carbocycles. The summed E-state index contributed by atoms with van der Waals surface area (Å²) in [6, 6.07) is 0.613. The second-order valence-corrected chi connectivity index (χ2v) is 7.58. The lowest BCUT2D eigenvalue weighted by Crippen LogP contribution is -2.49. The van der Waals surface area contributed by atoms with Gasteiger partial charge in [0.15, 0.2) is 0 Å². The van der Waals surface area contributed by atoms with Crippen LogP contribution in [0.5, 0.6) is 0 Å². The van der Waals surface area contributed by atoms with Crippen molar-refractivity contribution in [3.8, 4) is 0 Å². The quantitative estimate of drug-likeness (QED) is 0.817. The van der Waals surface area contributed by atoms with Crippen LogP contribution in [0, 0.1) is 5.41 Å². The molecule has 1 amide bonds. The Hall–Kier alpha value is -0.610. The van der Waals surface area contributed by atoms with E-state index in [1.165, 1.54) is 38.8 Å². The van der Waals surface area contributed by atoms with Crippen LogP contribution in [0.25, 0.3) is 0 Å². The predicted molar refractivity (Wildman–Crippen MR) is 87.1 cm³/mol. The van der Waals surface area contributed by atoms with Gasteiger partial charge in [-0.1, -0.05) is 13.8 Å². The highest BCUT2D eigenvalue weighted by atomic mass is 16.2. The second kappa shape index (κ2) is 7.59. The Morgan fingerprint density at radius 1 is 1.14 bits per heavy atom. The Labute approximate surface area is 130 Å². The molecule has 2 saturated heterocycles. The number of rotatable bonds is 6. The average Bonchev–Trinajstić information content (AvgIpc) is 2.99. The van der Waals surface area contributed by atoms with Crippen molar-refractivity contribution in [1.29, 1.82) is 0 Å². The molecule has 4 heteroatoms. The lowest BCUT2D eigenvalue weighted by molar-refractivity contribution is -0.133. The van der Waals surface area contributed by atoms with E-state index in [0.717, 1.165) is 25.9 Å². The summed E-state index contributed by atoms with van der Waals surface area (Å²) in [7, 11) is 0. The zero-order chi connectivity index (χ0) is 15.3. The summed E-state index contributed by atoms with van der Waals surface area (Å²) >= 11 is 0. The third kappa shape index (κ3) is 4.96. The normalized spacial score (nSPS) is 24.5. The molecule has 2 aliphatic heterocycles. The monoisotopic (exact) mass is 295 g/mol. The SMILES string of the molecule is CC(C)(CCN)CCC(=O)N1CCCC(N2CCCC2)C1. The molecule has 0 aromatic heterocycles. The maximum atomic E-state index is 12.5. The molecule has 2 fully saturated rings. The Bertz CT molecular complexity index is 337. The van der Waals surface area contributed by atoms with Gasteiger partial charge in [-0.3, -0.25) is 9.69 Å². The summed E-state index contributed by atoms with van der Waals surface area (Å²) in [5, 5.41) is 0. The lowest BCUT2D eigenvalue weighted by Gasteiger charge is -2.38. The molecule has 21 heavy (non-hydrogen) atoms. The van der Waals surface area contributed by atoms with Crippen LogP contribution in [0.1, 0.15) is 58.8 Å². The molecule has 0 aromatic carbocycles. The van der Waals surface area contributed by atoms with Crippen LogP contribution in [-0.4, -0.2) is 54.5 Å². The summed E-state index contributed by atoms with van der Waals surface area (Å²) in [6.45, 7) is 9.53. The van der Waals surface area contributed by atoms with E-state index in [9.17, 15) is 4.79 Å². The van der Waals surface area contributed by atoms with E-state index >= 15 is 0 Å². The van der Waals surface area contributed by atoms with Crippen molar-refractivity contribution in [2.75, 3.05) is 32.7 Å². The highest BCUT2D eigenvalue weighted by Crippen LogP contribution is 2.27. The highest BCUT2D eigenvalue weighted by Gasteiger charge is 2.29. The molecule has 2 aliphatic rings. The molecule has 0 bridgehead atoms. The number of carbonyl (C=O) groups excluding carboxylic acids is 1. The third-order valence-corrected chi connectivity index (χ3v) is 5.24. The van der Waals surface area contributed by atoms with Crippen molar-refractivity contribution >= 4 is 5.91 Å². The average molecular weight is 295 g/mol. The Morgan fingerprint density at radius 3 is 2.52 bits per heavy atom. The first kappa shape index (κ1) is 16.8. The number of hydrogen-bond acceptors (Lipinski definition) is 3. The predicted octanol–water partition coefficient (Wildman–Crippen LogP) is 2.23. The maximum Gasteiger partial charge on any atom is 0.222 e. The zero-order valence-corrected chi connectivity index (χ0v) is 13.9. The Balaban J connectivity index is 1.79. The van der Waals surface area contributed by atoms with Gasteiger partial charge in [0.2, 0.25) is 5.91 Å². The molecule has 1 atom stereocenters. The van der Waals surface area contributed by atoms with E-state index in [1.54, 1.807) is 0 Å². The topological polar surface area (TPSA) is 49.6 Å². The summed E-state index contributed by atoms with van der Waals surface area (Å²) in [6.07, 6.45) is 7.72. The number of hydrogen-bond donors (Lipinski definition) is 1. The summed E-state index contributed by atoms with van der Waals surface area (Å²) in [5.74, 6) is 0.351.